The second-order valence-corrected chi connectivity index (χ2v) is 11.0. The molecular weight excluding hydrogens is 616 g/mol. The average molecular weight is 624 g/mol. The molecule has 4 nitrogen and oxygen atoms in total. The summed E-state index contributed by atoms with van der Waals surface area (Å²) in [4.78, 5) is 0. The van der Waals surface area contributed by atoms with E-state index in [1.54, 1.807) is 6.07 Å². The minimum absolute atomic E-state index is 0.138. The lowest BCUT2D eigenvalue weighted by atomic mass is 10.2. The molecule has 2 aromatic carbocycles. The average Bonchev–Trinajstić information content (AvgIpc) is 2.96. The van der Waals surface area contributed by atoms with Gasteiger partial charge in [0, 0.05) is 8.04 Å². The number of anilines is 3. The SMILES string of the molecule is O=S(=O)(Nc1ccc(F)c(F)c1Nc1ccc(I)cc1F)c1cc(Br)c(Cl)s1. The van der Waals surface area contributed by atoms with Crippen LogP contribution in [0.4, 0.5) is 30.2 Å². The monoisotopic (exact) mass is 622 g/mol. The summed E-state index contributed by atoms with van der Waals surface area (Å²) in [6.45, 7) is 0. The van der Waals surface area contributed by atoms with Crippen molar-refractivity contribution in [3.63, 3.8) is 0 Å². The Morgan fingerprint density at radius 1 is 1.04 bits per heavy atom. The molecule has 0 aliphatic rings. The van der Waals surface area contributed by atoms with Gasteiger partial charge in [0.2, 0.25) is 0 Å². The molecule has 0 atom stereocenters. The van der Waals surface area contributed by atoms with Crippen molar-refractivity contribution in [1.82, 2.24) is 0 Å². The van der Waals surface area contributed by atoms with E-state index in [0.717, 1.165) is 23.5 Å². The van der Waals surface area contributed by atoms with Crippen LogP contribution in [0.1, 0.15) is 0 Å². The van der Waals surface area contributed by atoms with Crippen molar-refractivity contribution in [3.05, 3.63) is 66.2 Å². The number of rotatable bonds is 5. The van der Waals surface area contributed by atoms with Crippen LogP contribution in [0, 0.1) is 21.0 Å². The van der Waals surface area contributed by atoms with E-state index in [4.69, 9.17) is 11.6 Å². The number of benzene rings is 2. The summed E-state index contributed by atoms with van der Waals surface area (Å²) in [6, 6.07) is 7.15. The van der Waals surface area contributed by atoms with Gasteiger partial charge in [0.25, 0.3) is 10.0 Å². The fourth-order valence-corrected chi connectivity index (χ4v) is 5.96. The number of hydrogen-bond acceptors (Lipinski definition) is 4. The highest BCUT2D eigenvalue weighted by atomic mass is 127. The molecule has 0 bridgehead atoms. The summed E-state index contributed by atoms with van der Waals surface area (Å²) in [6.07, 6.45) is 0. The van der Waals surface area contributed by atoms with Gasteiger partial charge in [0.1, 0.15) is 20.1 Å². The van der Waals surface area contributed by atoms with Crippen molar-refractivity contribution in [2.45, 2.75) is 4.21 Å². The Hall–Kier alpha value is -1.02. The van der Waals surface area contributed by atoms with Gasteiger partial charge < -0.3 is 5.32 Å². The maximum atomic E-state index is 14.4. The largest absolute Gasteiger partial charge is 0.349 e. The third-order valence-electron chi connectivity index (χ3n) is 3.42. The predicted octanol–water partition coefficient (Wildman–Crippen LogP) is 6.73. The van der Waals surface area contributed by atoms with Gasteiger partial charge in [-0.2, -0.15) is 0 Å². The Morgan fingerprint density at radius 2 is 1.71 bits per heavy atom. The van der Waals surface area contributed by atoms with Gasteiger partial charge in [-0.05, 0) is 74.9 Å². The molecule has 3 rings (SSSR count). The van der Waals surface area contributed by atoms with Crippen molar-refractivity contribution < 1.29 is 21.6 Å². The zero-order chi connectivity index (χ0) is 20.6. The molecule has 0 aliphatic heterocycles. The van der Waals surface area contributed by atoms with Crippen LogP contribution in [0.25, 0.3) is 0 Å². The van der Waals surface area contributed by atoms with Gasteiger partial charge in [-0.3, -0.25) is 4.72 Å². The minimum Gasteiger partial charge on any atom is -0.349 e. The van der Waals surface area contributed by atoms with E-state index in [9.17, 15) is 21.6 Å². The Morgan fingerprint density at radius 3 is 2.32 bits per heavy atom. The van der Waals surface area contributed by atoms with E-state index in [0.29, 0.717) is 8.04 Å². The summed E-state index contributed by atoms with van der Waals surface area (Å²) < 4.78 is 70.6. The van der Waals surface area contributed by atoms with Gasteiger partial charge in [-0.25, -0.2) is 21.6 Å². The van der Waals surface area contributed by atoms with Crippen LogP contribution in [0.3, 0.4) is 0 Å². The molecule has 1 heterocycles. The lowest BCUT2D eigenvalue weighted by Gasteiger charge is -2.15. The van der Waals surface area contributed by atoms with Crippen molar-refractivity contribution in [2.24, 2.45) is 0 Å². The second kappa shape index (κ2) is 8.38. The molecular formula is C16H8BrClF3IN2O2S2. The van der Waals surface area contributed by atoms with E-state index in [2.05, 4.69) is 26.0 Å². The zero-order valence-electron chi connectivity index (χ0n) is 13.4. The smallest absolute Gasteiger partial charge is 0.271 e. The molecule has 0 spiro atoms. The van der Waals surface area contributed by atoms with Crippen molar-refractivity contribution >= 4 is 88.5 Å². The maximum absolute atomic E-state index is 14.4. The quantitative estimate of drug-likeness (QED) is 0.310. The minimum atomic E-state index is -4.15. The molecule has 28 heavy (non-hydrogen) atoms. The molecule has 0 unspecified atom stereocenters. The van der Waals surface area contributed by atoms with Crippen molar-refractivity contribution in [3.8, 4) is 0 Å². The first kappa shape index (κ1) is 21.7. The van der Waals surface area contributed by atoms with Gasteiger partial charge in [-0.15, -0.1) is 11.3 Å². The topological polar surface area (TPSA) is 58.2 Å². The summed E-state index contributed by atoms with van der Waals surface area (Å²) in [5, 5.41) is 2.42. The second-order valence-electron chi connectivity index (χ2n) is 5.33. The summed E-state index contributed by atoms with van der Waals surface area (Å²) in [5.41, 5.74) is -0.991. The molecule has 148 valence electrons. The van der Waals surface area contributed by atoms with Gasteiger partial charge in [-0.1, -0.05) is 11.6 Å². The first-order valence-electron chi connectivity index (χ1n) is 7.26. The lowest BCUT2D eigenvalue weighted by Crippen LogP contribution is -2.14. The van der Waals surface area contributed by atoms with Crippen molar-refractivity contribution in [2.75, 3.05) is 10.0 Å². The molecule has 0 saturated heterocycles. The first-order chi connectivity index (χ1) is 13.1. The third-order valence-corrected chi connectivity index (χ3v) is 8.40. The molecule has 0 saturated carbocycles. The number of hydrogen-bond donors (Lipinski definition) is 2. The van der Waals surface area contributed by atoms with Crippen LogP contribution in [-0.2, 0) is 10.0 Å². The van der Waals surface area contributed by atoms with Crippen LogP contribution in [-0.4, -0.2) is 8.42 Å². The molecule has 12 heteroatoms. The Bertz CT molecular complexity index is 1160. The van der Waals surface area contributed by atoms with Crippen LogP contribution in [0.5, 0.6) is 0 Å². The summed E-state index contributed by atoms with van der Waals surface area (Å²) in [7, 11) is -4.15. The summed E-state index contributed by atoms with van der Waals surface area (Å²) >= 11 is 11.7. The maximum Gasteiger partial charge on any atom is 0.271 e. The van der Waals surface area contributed by atoms with E-state index in [-0.39, 0.29) is 19.9 Å². The van der Waals surface area contributed by atoms with E-state index in [1.165, 1.54) is 18.2 Å². The fraction of sp³-hybridized carbons (Fsp3) is 0. The number of sulfonamides is 1. The highest BCUT2D eigenvalue weighted by molar-refractivity contribution is 14.1. The molecule has 0 aliphatic carbocycles. The van der Waals surface area contributed by atoms with Crippen LogP contribution >= 0.6 is 61.5 Å². The number of nitrogens with one attached hydrogen (secondary N) is 2. The predicted molar refractivity (Wildman–Crippen MR) is 117 cm³/mol. The van der Waals surface area contributed by atoms with E-state index < -0.39 is 33.2 Å². The third kappa shape index (κ3) is 4.58. The number of halogens is 6. The summed E-state index contributed by atoms with van der Waals surface area (Å²) in [5.74, 6) is -3.29. The molecule has 1 aromatic heterocycles. The highest BCUT2D eigenvalue weighted by Crippen LogP contribution is 2.37. The Balaban J connectivity index is 2.03. The number of thiophene rings is 1. The molecule has 2 N–H and O–H groups in total. The van der Waals surface area contributed by atoms with Gasteiger partial charge in [0.15, 0.2) is 11.6 Å². The highest BCUT2D eigenvalue weighted by Gasteiger charge is 2.23. The molecule has 0 radical (unpaired) electrons. The van der Waals surface area contributed by atoms with E-state index in [1.807, 2.05) is 22.6 Å². The molecule has 0 fully saturated rings. The van der Waals surface area contributed by atoms with Crippen LogP contribution in [0.2, 0.25) is 4.34 Å². The molecule has 3 aromatic rings. The first-order valence-corrected chi connectivity index (χ1v) is 11.8. The van der Waals surface area contributed by atoms with Crippen LogP contribution < -0.4 is 10.0 Å². The van der Waals surface area contributed by atoms with Crippen LogP contribution in [0.15, 0.2) is 45.1 Å². The zero-order valence-corrected chi connectivity index (χ0v) is 19.5. The molecule has 0 amide bonds. The Labute approximate surface area is 189 Å². The fourth-order valence-electron chi connectivity index (χ4n) is 2.14. The van der Waals surface area contributed by atoms with Gasteiger partial charge >= 0.3 is 0 Å². The lowest BCUT2D eigenvalue weighted by molar-refractivity contribution is 0.512. The van der Waals surface area contributed by atoms with Crippen molar-refractivity contribution in [1.29, 1.82) is 0 Å². The normalized spacial score (nSPS) is 11.5. The van der Waals surface area contributed by atoms with E-state index >= 15 is 0 Å². The van der Waals surface area contributed by atoms with Gasteiger partial charge in [0.05, 0.1) is 11.4 Å². The standard InChI is InChI=1S/C16H8BrClF3IN2O2S2/c17-8-6-13(27-16(8)18)28(25,26)24-12-4-2-9(19)14(21)15(12)23-11-3-1-7(22)5-10(11)20/h1-6,23-24H. The Kier molecular flexibility index (Phi) is 6.49.